The number of rotatable bonds is 4. The van der Waals surface area contributed by atoms with Crippen LogP contribution in [0.4, 0.5) is 0 Å². The second-order valence-corrected chi connectivity index (χ2v) is 4.02. The summed E-state index contributed by atoms with van der Waals surface area (Å²) in [7, 11) is 0. The zero-order valence-electron chi connectivity index (χ0n) is 9.56. The Hall–Kier alpha value is -0.970. The van der Waals surface area contributed by atoms with Crippen LogP contribution in [-0.2, 0) is 17.7 Å². The quantitative estimate of drug-likeness (QED) is 0.800. The minimum atomic E-state index is 0.576. The van der Waals surface area contributed by atoms with Gasteiger partial charge in [-0.15, -0.1) is 0 Å². The average Bonchev–Trinajstić information content (AvgIpc) is 2.38. The molecule has 1 saturated heterocycles. The van der Waals surface area contributed by atoms with Crippen molar-refractivity contribution in [2.45, 2.75) is 13.0 Å². The molecule has 2 N–H and O–H groups in total. The van der Waals surface area contributed by atoms with Crippen LogP contribution < -0.4 is 5.73 Å². The number of aromatic nitrogens is 1. The Morgan fingerprint density at radius 2 is 2.19 bits per heavy atom. The first kappa shape index (κ1) is 11.5. The molecule has 1 aromatic rings. The van der Waals surface area contributed by atoms with E-state index in [2.05, 4.69) is 16.0 Å². The van der Waals surface area contributed by atoms with Crippen molar-refractivity contribution in [2.75, 3.05) is 32.8 Å². The minimum absolute atomic E-state index is 0.576. The van der Waals surface area contributed by atoms with Gasteiger partial charge in [-0.05, 0) is 11.6 Å². The molecular formula is C12H19N3O. The minimum Gasteiger partial charge on any atom is -0.379 e. The van der Waals surface area contributed by atoms with E-state index in [1.54, 1.807) is 0 Å². The highest BCUT2D eigenvalue weighted by Crippen LogP contribution is 2.07. The lowest BCUT2D eigenvalue weighted by Gasteiger charge is -2.26. The molecule has 0 atom stereocenters. The molecule has 88 valence electrons. The van der Waals surface area contributed by atoms with Gasteiger partial charge in [-0.2, -0.15) is 0 Å². The van der Waals surface area contributed by atoms with Crippen LogP contribution in [0.2, 0.25) is 0 Å². The van der Waals surface area contributed by atoms with Crippen molar-refractivity contribution in [3.8, 4) is 0 Å². The molecule has 16 heavy (non-hydrogen) atoms. The molecule has 1 fully saturated rings. The number of hydrogen-bond acceptors (Lipinski definition) is 4. The van der Waals surface area contributed by atoms with Gasteiger partial charge in [-0.25, -0.2) is 0 Å². The maximum Gasteiger partial charge on any atom is 0.0594 e. The van der Waals surface area contributed by atoms with Crippen LogP contribution in [0.1, 0.15) is 11.3 Å². The van der Waals surface area contributed by atoms with Crippen molar-refractivity contribution >= 4 is 0 Å². The molecule has 1 aliphatic heterocycles. The van der Waals surface area contributed by atoms with Gasteiger partial charge in [0.1, 0.15) is 0 Å². The molecule has 0 radical (unpaired) electrons. The van der Waals surface area contributed by atoms with Crippen LogP contribution in [0.15, 0.2) is 18.3 Å². The molecular weight excluding hydrogens is 202 g/mol. The number of morpholine rings is 1. The Labute approximate surface area is 96.4 Å². The fourth-order valence-corrected chi connectivity index (χ4v) is 1.97. The summed E-state index contributed by atoms with van der Waals surface area (Å²) >= 11 is 0. The van der Waals surface area contributed by atoms with Gasteiger partial charge >= 0.3 is 0 Å². The van der Waals surface area contributed by atoms with Gasteiger partial charge in [-0.1, -0.05) is 6.07 Å². The summed E-state index contributed by atoms with van der Waals surface area (Å²) in [6.07, 6.45) is 2.82. The van der Waals surface area contributed by atoms with Gasteiger partial charge in [0, 0.05) is 44.5 Å². The van der Waals surface area contributed by atoms with E-state index in [0.717, 1.165) is 50.5 Å². The van der Waals surface area contributed by atoms with E-state index in [4.69, 9.17) is 10.5 Å². The average molecular weight is 221 g/mol. The van der Waals surface area contributed by atoms with Crippen molar-refractivity contribution in [1.29, 1.82) is 0 Å². The molecule has 0 aromatic carbocycles. The third kappa shape index (κ3) is 3.01. The molecule has 0 unspecified atom stereocenters. The first-order valence-corrected chi connectivity index (χ1v) is 5.83. The summed E-state index contributed by atoms with van der Waals surface area (Å²) < 4.78 is 5.32. The summed E-state index contributed by atoms with van der Waals surface area (Å²) in [5.41, 5.74) is 7.98. The zero-order valence-corrected chi connectivity index (χ0v) is 9.56. The van der Waals surface area contributed by atoms with E-state index < -0.39 is 0 Å². The maximum absolute atomic E-state index is 5.69. The number of nitrogens with two attached hydrogens (primary N) is 1. The van der Waals surface area contributed by atoms with E-state index in [-0.39, 0.29) is 0 Å². The second-order valence-electron chi connectivity index (χ2n) is 4.02. The van der Waals surface area contributed by atoms with Crippen molar-refractivity contribution < 1.29 is 4.74 Å². The van der Waals surface area contributed by atoms with Crippen molar-refractivity contribution in [2.24, 2.45) is 5.73 Å². The topological polar surface area (TPSA) is 51.4 Å². The Morgan fingerprint density at radius 1 is 1.38 bits per heavy atom. The third-order valence-electron chi connectivity index (χ3n) is 2.97. The third-order valence-corrected chi connectivity index (χ3v) is 2.97. The van der Waals surface area contributed by atoms with Crippen molar-refractivity contribution in [3.05, 3.63) is 29.6 Å². The maximum atomic E-state index is 5.69. The van der Waals surface area contributed by atoms with Crippen molar-refractivity contribution in [3.63, 3.8) is 0 Å². The largest absolute Gasteiger partial charge is 0.379 e. The van der Waals surface area contributed by atoms with Gasteiger partial charge < -0.3 is 10.5 Å². The van der Waals surface area contributed by atoms with Gasteiger partial charge in [0.05, 0.1) is 13.2 Å². The molecule has 0 aliphatic carbocycles. The van der Waals surface area contributed by atoms with E-state index >= 15 is 0 Å². The first-order valence-electron chi connectivity index (χ1n) is 5.83. The molecule has 2 heterocycles. The van der Waals surface area contributed by atoms with Crippen LogP contribution in [0, 0.1) is 0 Å². The summed E-state index contributed by atoms with van der Waals surface area (Å²) in [5.74, 6) is 0. The highest BCUT2D eigenvalue weighted by atomic mass is 16.5. The number of nitrogens with zero attached hydrogens (tertiary/aromatic N) is 2. The summed E-state index contributed by atoms with van der Waals surface area (Å²) in [6, 6.07) is 4.00. The Kier molecular flexibility index (Phi) is 4.27. The molecule has 4 nitrogen and oxygen atoms in total. The van der Waals surface area contributed by atoms with Gasteiger partial charge in [-0.3, -0.25) is 9.88 Å². The first-order chi connectivity index (χ1) is 7.90. The predicted molar refractivity (Wildman–Crippen MR) is 63.1 cm³/mol. The monoisotopic (exact) mass is 221 g/mol. The van der Waals surface area contributed by atoms with Gasteiger partial charge in [0.15, 0.2) is 0 Å². The molecule has 4 heteroatoms. The summed E-state index contributed by atoms with van der Waals surface area (Å²) in [4.78, 5) is 6.81. The van der Waals surface area contributed by atoms with Crippen LogP contribution in [0.5, 0.6) is 0 Å². The van der Waals surface area contributed by atoms with E-state index in [1.807, 2.05) is 12.3 Å². The second kappa shape index (κ2) is 5.94. The Bertz CT molecular complexity index is 324. The molecule has 0 bridgehead atoms. The smallest absolute Gasteiger partial charge is 0.0594 e. The SMILES string of the molecule is NCc1cccnc1CCN1CCOCC1. The van der Waals surface area contributed by atoms with Crippen LogP contribution in [0.25, 0.3) is 0 Å². The molecule has 0 saturated carbocycles. The van der Waals surface area contributed by atoms with E-state index in [1.165, 1.54) is 0 Å². The summed E-state index contributed by atoms with van der Waals surface area (Å²) in [6.45, 7) is 5.40. The Morgan fingerprint density at radius 3 is 2.94 bits per heavy atom. The lowest BCUT2D eigenvalue weighted by atomic mass is 10.1. The molecule has 2 rings (SSSR count). The number of hydrogen-bond donors (Lipinski definition) is 1. The summed E-state index contributed by atoms with van der Waals surface area (Å²) in [5, 5.41) is 0. The van der Waals surface area contributed by atoms with Crippen LogP contribution in [-0.4, -0.2) is 42.7 Å². The van der Waals surface area contributed by atoms with Crippen molar-refractivity contribution in [1.82, 2.24) is 9.88 Å². The van der Waals surface area contributed by atoms with Crippen LogP contribution >= 0.6 is 0 Å². The van der Waals surface area contributed by atoms with E-state index in [9.17, 15) is 0 Å². The lowest BCUT2D eigenvalue weighted by molar-refractivity contribution is 0.0383. The molecule has 1 aromatic heterocycles. The molecule has 1 aliphatic rings. The highest BCUT2D eigenvalue weighted by molar-refractivity contribution is 5.19. The van der Waals surface area contributed by atoms with E-state index in [0.29, 0.717) is 6.54 Å². The lowest BCUT2D eigenvalue weighted by Crippen LogP contribution is -2.37. The number of ether oxygens (including phenoxy) is 1. The van der Waals surface area contributed by atoms with Gasteiger partial charge in [0.25, 0.3) is 0 Å². The fraction of sp³-hybridized carbons (Fsp3) is 0.583. The van der Waals surface area contributed by atoms with Gasteiger partial charge in [0.2, 0.25) is 0 Å². The number of pyridine rings is 1. The highest BCUT2D eigenvalue weighted by Gasteiger charge is 2.11. The van der Waals surface area contributed by atoms with Crippen LogP contribution in [0.3, 0.4) is 0 Å². The normalized spacial score (nSPS) is 17.6. The Balaban J connectivity index is 1.88. The molecule has 0 spiro atoms. The molecule has 0 amide bonds. The zero-order chi connectivity index (χ0) is 11.2. The standard InChI is InChI=1S/C12H19N3O/c13-10-11-2-1-4-14-12(11)3-5-15-6-8-16-9-7-15/h1-2,4H,3,5-10,13H2. The fourth-order valence-electron chi connectivity index (χ4n) is 1.97. The predicted octanol–water partition coefficient (Wildman–Crippen LogP) is 0.415.